The molecule has 0 saturated carbocycles. The number of carbonyl (C=O) groups is 2. The standard InChI is InChI=1S/C25H21FN2O5/c1-32-19-8-7-16(13-20(19)33-2)23(29)21-22(17-5-3-4-6-18(17)26)28(25(31)24(21)30)14-15-9-11-27-12-10-15/h3-13,22,29H,14H2,1-2H3/b23-21+. The van der Waals surface area contributed by atoms with Gasteiger partial charge in [0.15, 0.2) is 11.5 Å². The molecule has 0 aliphatic carbocycles. The molecule has 1 fully saturated rings. The summed E-state index contributed by atoms with van der Waals surface area (Å²) in [6.07, 6.45) is 3.13. The number of amides is 1. The molecule has 1 aromatic heterocycles. The topological polar surface area (TPSA) is 89.0 Å². The summed E-state index contributed by atoms with van der Waals surface area (Å²) in [7, 11) is 2.91. The van der Waals surface area contributed by atoms with Crippen molar-refractivity contribution >= 4 is 17.4 Å². The second kappa shape index (κ2) is 9.12. The molecule has 1 aliphatic heterocycles. The Labute approximate surface area is 189 Å². The number of Topliss-reactive ketones (excluding diaryl/α,β-unsaturated/α-hetero) is 1. The highest BCUT2D eigenvalue weighted by Gasteiger charge is 2.47. The number of rotatable bonds is 6. The molecule has 0 radical (unpaired) electrons. The van der Waals surface area contributed by atoms with Gasteiger partial charge in [0.05, 0.1) is 25.8 Å². The number of hydrogen-bond acceptors (Lipinski definition) is 6. The van der Waals surface area contributed by atoms with Crippen LogP contribution in [0.25, 0.3) is 5.76 Å². The van der Waals surface area contributed by atoms with Crippen molar-refractivity contribution in [2.45, 2.75) is 12.6 Å². The van der Waals surface area contributed by atoms with Gasteiger partial charge in [0.1, 0.15) is 11.6 Å². The normalized spacial score (nSPS) is 17.3. The Balaban J connectivity index is 1.89. The Kier molecular flexibility index (Phi) is 6.08. The number of methoxy groups -OCH3 is 2. The molecule has 2 aromatic carbocycles. The molecule has 1 amide bonds. The fourth-order valence-corrected chi connectivity index (χ4v) is 3.89. The summed E-state index contributed by atoms with van der Waals surface area (Å²) in [6.45, 7) is 0.0365. The second-order valence-corrected chi connectivity index (χ2v) is 7.37. The van der Waals surface area contributed by atoms with E-state index >= 15 is 0 Å². The third-order valence-electron chi connectivity index (χ3n) is 5.50. The summed E-state index contributed by atoms with van der Waals surface area (Å²) in [4.78, 5) is 31.3. The first-order valence-electron chi connectivity index (χ1n) is 10.1. The molecule has 8 heteroatoms. The van der Waals surface area contributed by atoms with Crippen LogP contribution in [0.5, 0.6) is 11.5 Å². The fourth-order valence-electron chi connectivity index (χ4n) is 3.89. The minimum Gasteiger partial charge on any atom is -0.507 e. The monoisotopic (exact) mass is 448 g/mol. The molecule has 7 nitrogen and oxygen atoms in total. The van der Waals surface area contributed by atoms with E-state index in [1.165, 1.54) is 49.5 Å². The van der Waals surface area contributed by atoms with Crippen molar-refractivity contribution in [1.82, 2.24) is 9.88 Å². The van der Waals surface area contributed by atoms with Gasteiger partial charge in [-0.05, 0) is 42.0 Å². The zero-order valence-electron chi connectivity index (χ0n) is 18.0. The molecule has 1 N–H and O–H groups in total. The van der Waals surface area contributed by atoms with Crippen molar-refractivity contribution in [3.63, 3.8) is 0 Å². The number of aromatic nitrogens is 1. The molecule has 3 aromatic rings. The van der Waals surface area contributed by atoms with Gasteiger partial charge < -0.3 is 19.5 Å². The van der Waals surface area contributed by atoms with Crippen LogP contribution in [0.4, 0.5) is 4.39 Å². The number of ether oxygens (including phenoxy) is 2. The molecule has 1 atom stereocenters. The Morgan fingerprint density at radius 3 is 2.39 bits per heavy atom. The lowest BCUT2D eigenvalue weighted by molar-refractivity contribution is -0.140. The van der Waals surface area contributed by atoms with E-state index < -0.39 is 29.3 Å². The number of aliphatic hydroxyl groups excluding tert-OH is 1. The minimum absolute atomic E-state index is 0.0365. The van der Waals surface area contributed by atoms with E-state index in [-0.39, 0.29) is 23.2 Å². The third-order valence-corrected chi connectivity index (χ3v) is 5.50. The highest BCUT2D eigenvalue weighted by molar-refractivity contribution is 6.46. The molecule has 1 aliphatic rings. The van der Waals surface area contributed by atoms with Crippen LogP contribution in [-0.4, -0.2) is 40.9 Å². The number of benzene rings is 2. The predicted molar refractivity (Wildman–Crippen MR) is 118 cm³/mol. The maximum atomic E-state index is 14.9. The first-order chi connectivity index (χ1) is 16.0. The first kappa shape index (κ1) is 22.0. The molecular formula is C25H21FN2O5. The van der Waals surface area contributed by atoms with E-state index in [1.54, 1.807) is 36.7 Å². The van der Waals surface area contributed by atoms with E-state index in [0.29, 0.717) is 17.1 Å². The lowest BCUT2D eigenvalue weighted by Crippen LogP contribution is -2.29. The molecule has 1 unspecified atom stereocenters. The van der Waals surface area contributed by atoms with Gasteiger partial charge in [-0.2, -0.15) is 0 Å². The number of aliphatic hydroxyl groups is 1. The van der Waals surface area contributed by atoms with E-state index in [4.69, 9.17) is 9.47 Å². The van der Waals surface area contributed by atoms with Gasteiger partial charge in [-0.25, -0.2) is 4.39 Å². The average Bonchev–Trinajstić information content (AvgIpc) is 3.08. The highest BCUT2D eigenvalue weighted by atomic mass is 19.1. The number of nitrogens with zero attached hydrogens (tertiary/aromatic N) is 2. The summed E-state index contributed by atoms with van der Waals surface area (Å²) in [6, 6.07) is 12.7. The zero-order valence-corrected chi connectivity index (χ0v) is 18.0. The van der Waals surface area contributed by atoms with Gasteiger partial charge in [-0.3, -0.25) is 14.6 Å². The van der Waals surface area contributed by atoms with Crippen molar-refractivity contribution in [2.24, 2.45) is 0 Å². The number of likely N-dealkylation sites (tertiary alicyclic amines) is 1. The molecule has 0 spiro atoms. The maximum Gasteiger partial charge on any atom is 0.295 e. The van der Waals surface area contributed by atoms with Crippen molar-refractivity contribution in [3.8, 4) is 11.5 Å². The molecule has 2 heterocycles. The van der Waals surface area contributed by atoms with Gasteiger partial charge in [-0.15, -0.1) is 0 Å². The van der Waals surface area contributed by atoms with Crippen LogP contribution in [0.1, 0.15) is 22.7 Å². The van der Waals surface area contributed by atoms with Gasteiger partial charge >= 0.3 is 0 Å². The van der Waals surface area contributed by atoms with Crippen LogP contribution in [0.2, 0.25) is 0 Å². The Morgan fingerprint density at radius 1 is 1.03 bits per heavy atom. The Morgan fingerprint density at radius 2 is 1.73 bits per heavy atom. The lowest BCUT2D eigenvalue weighted by Gasteiger charge is -2.25. The smallest absolute Gasteiger partial charge is 0.295 e. The molecule has 1 saturated heterocycles. The van der Waals surface area contributed by atoms with Crippen molar-refractivity contribution in [1.29, 1.82) is 0 Å². The quantitative estimate of drug-likeness (QED) is 0.350. The van der Waals surface area contributed by atoms with Gasteiger partial charge in [0.2, 0.25) is 0 Å². The predicted octanol–water partition coefficient (Wildman–Crippen LogP) is 3.86. The third kappa shape index (κ3) is 4.03. The van der Waals surface area contributed by atoms with Crippen LogP contribution in [0, 0.1) is 5.82 Å². The number of pyridine rings is 1. The number of hydrogen-bond donors (Lipinski definition) is 1. The number of ketones is 1. The minimum atomic E-state index is -1.12. The fraction of sp³-hybridized carbons (Fsp3) is 0.160. The highest BCUT2D eigenvalue weighted by Crippen LogP contribution is 2.42. The van der Waals surface area contributed by atoms with Gasteiger partial charge in [-0.1, -0.05) is 18.2 Å². The molecule has 168 valence electrons. The summed E-state index contributed by atoms with van der Waals surface area (Å²) in [5, 5.41) is 11.1. The van der Waals surface area contributed by atoms with Crippen LogP contribution >= 0.6 is 0 Å². The second-order valence-electron chi connectivity index (χ2n) is 7.37. The SMILES string of the molecule is COc1ccc(/C(O)=C2\C(=O)C(=O)N(Cc3ccncc3)C2c2ccccc2F)cc1OC. The summed E-state index contributed by atoms with van der Waals surface area (Å²) < 4.78 is 25.4. The van der Waals surface area contributed by atoms with E-state index in [9.17, 15) is 19.1 Å². The lowest BCUT2D eigenvalue weighted by atomic mass is 9.94. The van der Waals surface area contributed by atoms with E-state index in [1.807, 2.05) is 0 Å². The van der Waals surface area contributed by atoms with Crippen molar-refractivity contribution in [3.05, 3.63) is 95.1 Å². The van der Waals surface area contributed by atoms with Crippen molar-refractivity contribution in [2.75, 3.05) is 14.2 Å². The number of halogens is 1. The molecular weight excluding hydrogens is 427 g/mol. The zero-order chi connectivity index (χ0) is 23.5. The van der Waals surface area contributed by atoms with Crippen LogP contribution in [-0.2, 0) is 16.1 Å². The van der Waals surface area contributed by atoms with E-state index in [2.05, 4.69) is 4.98 Å². The molecule has 4 rings (SSSR count). The first-order valence-corrected chi connectivity index (χ1v) is 10.1. The summed E-state index contributed by atoms with van der Waals surface area (Å²) >= 11 is 0. The average molecular weight is 448 g/mol. The molecule has 0 bridgehead atoms. The largest absolute Gasteiger partial charge is 0.507 e. The summed E-state index contributed by atoms with van der Waals surface area (Å²) in [5.41, 5.74) is 0.842. The summed E-state index contributed by atoms with van der Waals surface area (Å²) in [5.74, 6) is -2.00. The van der Waals surface area contributed by atoms with Crippen LogP contribution in [0.3, 0.4) is 0 Å². The van der Waals surface area contributed by atoms with Gasteiger partial charge in [0, 0.05) is 30.1 Å². The van der Waals surface area contributed by atoms with Gasteiger partial charge in [0.25, 0.3) is 11.7 Å². The molecule has 33 heavy (non-hydrogen) atoms. The van der Waals surface area contributed by atoms with Crippen LogP contribution in [0.15, 0.2) is 72.6 Å². The van der Waals surface area contributed by atoms with Crippen molar-refractivity contribution < 1.29 is 28.6 Å². The Bertz CT molecular complexity index is 1240. The maximum absolute atomic E-state index is 14.9. The van der Waals surface area contributed by atoms with Crippen LogP contribution < -0.4 is 9.47 Å². The number of carbonyl (C=O) groups excluding carboxylic acids is 2. The van der Waals surface area contributed by atoms with E-state index in [0.717, 1.165) is 0 Å². The Hall–Kier alpha value is -4.20.